The van der Waals surface area contributed by atoms with Crippen molar-refractivity contribution >= 4 is 10.0 Å². The van der Waals surface area contributed by atoms with Gasteiger partial charge < -0.3 is 4.74 Å². The Morgan fingerprint density at radius 1 is 1.26 bits per heavy atom. The Balaban J connectivity index is 2.39. The molecule has 129 valence electrons. The van der Waals surface area contributed by atoms with Crippen LogP contribution in [0.3, 0.4) is 0 Å². The summed E-state index contributed by atoms with van der Waals surface area (Å²) in [5.74, 6) is -1.08. The quantitative estimate of drug-likeness (QED) is 0.828. The molecule has 1 aliphatic rings. The van der Waals surface area contributed by atoms with Crippen LogP contribution in [-0.2, 0) is 10.0 Å². The van der Waals surface area contributed by atoms with Crippen LogP contribution in [0.25, 0.3) is 0 Å². The van der Waals surface area contributed by atoms with Gasteiger partial charge in [-0.3, -0.25) is 0 Å². The van der Waals surface area contributed by atoms with E-state index in [0.29, 0.717) is 18.4 Å². The topological polar surface area (TPSA) is 46.6 Å². The van der Waals surface area contributed by atoms with Crippen molar-refractivity contribution in [3.63, 3.8) is 0 Å². The van der Waals surface area contributed by atoms with Crippen molar-refractivity contribution in [1.82, 2.24) is 4.31 Å². The highest BCUT2D eigenvalue weighted by Crippen LogP contribution is 2.41. The number of halogens is 3. The average Bonchev–Trinajstić information content (AvgIpc) is 2.85. The molecule has 0 N–H and O–H groups in total. The summed E-state index contributed by atoms with van der Waals surface area (Å²) >= 11 is 0. The Morgan fingerprint density at radius 2 is 1.91 bits per heavy atom. The number of hydrogen-bond acceptors (Lipinski definition) is 3. The molecule has 1 saturated heterocycles. The fraction of sp³-hybridized carbons (Fsp3) is 0.533. The van der Waals surface area contributed by atoms with Crippen molar-refractivity contribution in [3.05, 3.63) is 36.1 Å². The van der Waals surface area contributed by atoms with Crippen LogP contribution in [0.4, 0.5) is 13.2 Å². The third-order valence-electron chi connectivity index (χ3n) is 3.61. The highest BCUT2D eigenvalue weighted by atomic mass is 32.2. The minimum atomic E-state index is -3.66. The Bertz CT molecular complexity index is 671. The molecule has 1 fully saturated rings. The molecule has 0 amide bonds. The maximum Gasteiger partial charge on any atom is 0.387 e. The lowest BCUT2D eigenvalue weighted by molar-refractivity contribution is -0.0500. The first-order chi connectivity index (χ1) is 10.5. The Hall–Kier alpha value is -1.28. The molecule has 0 aliphatic carbocycles. The van der Waals surface area contributed by atoms with Gasteiger partial charge in [0.05, 0.1) is 10.8 Å². The van der Waals surface area contributed by atoms with Gasteiger partial charge in [-0.1, -0.05) is 0 Å². The van der Waals surface area contributed by atoms with Gasteiger partial charge in [0.25, 0.3) is 0 Å². The fourth-order valence-corrected chi connectivity index (χ4v) is 3.95. The van der Waals surface area contributed by atoms with Crippen LogP contribution in [0.15, 0.2) is 18.2 Å². The van der Waals surface area contributed by atoms with Crippen LogP contribution < -0.4 is 4.74 Å². The molecule has 0 spiro atoms. The van der Waals surface area contributed by atoms with E-state index in [1.165, 1.54) is 10.4 Å². The maximum atomic E-state index is 13.7. The second-order valence-corrected chi connectivity index (χ2v) is 8.92. The predicted octanol–water partition coefficient (Wildman–Crippen LogP) is 3.85. The summed E-state index contributed by atoms with van der Waals surface area (Å²) in [4.78, 5) is 0. The molecule has 1 aromatic rings. The van der Waals surface area contributed by atoms with Crippen molar-refractivity contribution in [2.45, 2.75) is 51.0 Å². The molecule has 0 unspecified atom stereocenters. The van der Waals surface area contributed by atoms with Gasteiger partial charge in [0.1, 0.15) is 11.6 Å². The molecular weight excluding hydrogens is 331 g/mol. The van der Waals surface area contributed by atoms with Gasteiger partial charge in [0.15, 0.2) is 0 Å². The number of alkyl halides is 2. The number of nitrogens with zero attached hydrogens (tertiary/aromatic N) is 1. The lowest BCUT2D eigenvalue weighted by Crippen LogP contribution is -2.41. The summed E-state index contributed by atoms with van der Waals surface area (Å²) in [6.07, 6.45) is 0.953. The summed E-state index contributed by atoms with van der Waals surface area (Å²) in [6, 6.07) is 2.61. The molecule has 1 aliphatic heterocycles. The Kier molecular flexibility index (Phi) is 4.96. The molecule has 23 heavy (non-hydrogen) atoms. The van der Waals surface area contributed by atoms with Crippen molar-refractivity contribution in [3.8, 4) is 5.75 Å². The molecule has 4 nitrogen and oxygen atoms in total. The SMILES string of the molecule is CC(C)(C)S(=O)(=O)N1[CH]CC[C@@H]1c1cc(F)cc(OC(F)F)c1. The highest BCUT2D eigenvalue weighted by Gasteiger charge is 2.42. The van der Waals surface area contributed by atoms with E-state index in [2.05, 4.69) is 4.74 Å². The summed E-state index contributed by atoms with van der Waals surface area (Å²) < 4.78 is 68.0. The number of sulfonamides is 1. The van der Waals surface area contributed by atoms with Gasteiger partial charge in [-0.15, -0.1) is 0 Å². The lowest BCUT2D eigenvalue weighted by Gasteiger charge is -2.31. The molecule has 8 heteroatoms. The first-order valence-electron chi connectivity index (χ1n) is 7.14. The van der Waals surface area contributed by atoms with Crippen LogP contribution in [0, 0.1) is 12.4 Å². The summed E-state index contributed by atoms with van der Waals surface area (Å²) in [6.45, 7) is 3.19. The zero-order valence-electron chi connectivity index (χ0n) is 13.1. The van der Waals surface area contributed by atoms with Gasteiger partial charge in [0.2, 0.25) is 10.0 Å². The number of rotatable bonds is 4. The lowest BCUT2D eigenvalue weighted by atomic mass is 10.1. The van der Waals surface area contributed by atoms with Crippen LogP contribution in [0.2, 0.25) is 0 Å². The molecule has 0 bridgehead atoms. The first-order valence-corrected chi connectivity index (χ1v) is 8.58. The average molecular weight is 350 g/mol. The Labute approximate surface area is 134 Å². The van der Waals surface area contributed by atoms with E-state index in [9.17, 15) is 21.6 Å². The van der Waals surface area contributed by atoms with E-state index in [1.54, 1.807) is 27.3 Å². The molecule has 1 radical (unpaired) electrons. The standard InChI is InChI=1S/C15H19F3NO3S/c1-15(2,3)23(20,21)19-6-4-5-13(19)10-7-11(16)9-12(8-10)22-14(17)18/h6-9,13-14H,4-5H2,1-3H3/t13-/m1/s1. The summed E-state index contributed by atoms with van der Waals surface area (Å²) in [7, 11) is -3.66. The van der Waals surface area contributed by atoms with Gasteiger partial charge in [-0.05, 0) is 51.3 Å². The number of benzene rings is 1. The van der Waals surface area contributed by atoms with Gasteiger partial charge in [0, 0.05) is 12.6 Å². The van der Waals surface area contributed by atoms with Gasteiger partial charge >= 0.3 is 6.61 Å². The van der Waals surface area contributed by atoms with E-state index in [4.69, 9.17) is 0 Å². The van der Waals surface area contributed by atoms with Crippen LogP contribution in [0.5, 0.6) is 5.75 Å². The van der Waals surface area contributed by atoms with Crippen molar-refractivity contribution in [2.24, 2.45) is 0 Å². The van der Waals surface area contributed by atoms with Crippen molar-refractivity contribution in [2.75, 3.05) is 0 Å². The van der Waals surface area contributed by atoms with Crippen LogP contribution >= 0.6 is 0 Å². The minimum absolute atomic E-state index is 0.294. The fourth-order valence-electron chi connectivity index (χ4n) is 2.46. The summed E-state index contributed by atoms with van der Waals surface area (Å²) in [5, 5.41) is 0. The highest BCUT2D eigenvalue weighted by molar-refractivity contribution is 7.90. The Morgan fingerprint density at radius 3 is 2.48 bits per heavy atom. The molecule has 0 aromatic heterocycles. The second kappa shape index (κ2) is 6.32. The van der Waals surface area contributed by atoms with Gasteiger partial charge in [-0.25, -0.2) is 12.8 Å². The van der Waals surface area contributed by atoms with E-state index in [-0.39, 0.29) is 5.75 Å². The van der Waals surface area contributed by atoms with Crippen LogP contribution in [-0.4, -0.2) is 24.1 Å². The van der Waals surface area contributed by atoms with Crippen molar-refractivity contribution in [1.29, 1.82) is 0 Å². The monoisotopic (exact) mass is 350 g/mol. The molecule has 2 rings (SSSR count). The normalized spacial score (nSPS) is 20.2. The van der Waals surface area contributed by atoms with E-state index < -0.39 is 33.2 Å². The predicted molar refractivity (Wildman–Crippen MR) is 79.8 cm³/mol. The summed E-state index contributed by atoms with van der Waals surface area (Å²) in [5.41, 5.74) is 0.294. The largest absolute Gasteiger partial charge is 0.435 e. The molecule has 1 aromatic carbocycles. The van der Waals surface area contributed by atoms with Crippen LogP contribution in [0.1, 0.15) is 45.2 Å². The first kappa shape index (κ1) is 18.1. The third-order valence-corrected chi connectivity index (χ3v) is 6.12. The van der Waals surface area contributed by atoms with E-state index >= 15 is 0 Å². The molecule has 1 heterocycles. The molecule has 0 saturated carbocycles. The number of hydrogen-bond donors (Lipinski definition) is 0. The zero-order chi connectivity index (χ0) is 17.4. The third kappa shape index (κ3) is 3.80. The van der Waals surface area contributed by atoms with E-state index in [1.807, 2.05) is 0 Å². The molecule has 1 atom stereocenters. The number of ether oxygens (including phenoxy) is 1. The van der Waals surface area contributed by atoms with Gasteiger partial charge in [-0.2, -0.15) is 13.1 Å². The minimum Gasteiger partial charge on any atom is -0.435 e. The smallest absolute Gasteiger partial charge is 0.387 e. The van der Waals surface area contributed by atoms with Crippen molar-refractivity contribution < 1.29 is 26.3 Å². The molecular formula is C15H19F3NO3S. The maximum absolute atomic E-state index is 13.7. The second-order valence-electron chi connectivity index (χ2n) is 6.32. The zero-order valence-corrected chi connectivity index (χ0v) is 13.9. The van der Waals surface area contributed by atoms with E-state index in [0.717, 1.165) is 12.1 Å².